The highest BCUT2D eigenvalue weighted by atomic mass is 35.5. The van der Waals surface area contributed by atoms with Crippen molar-refractivity contribution in [2.75, 3.05) is 0 Å². The van der Waals surface area contributed by atoms with Crippen LogP contribution in [0.4, 0.5) is 8.78 Å². The van der Waals surface area contributed by atoms with Crippen molar-refractivity contribution in [1.82, 2.24) is 4.98 Å². The zero-order chi connectivity index (χ0) is 13.1. The molecule has 0 fully saturated rings. The van der Waals surface area contributed by atoms with Gasteiger partial charge < -0.3 is 0 Å². The van der Waals surface area contributed by atoms with Gasteiger partial charge in [-0.15, -0.1) is 11.6 Å². The molecule has 0 aliphatic rings. The van der Waals surface area contributed by atoms with E-state index in [9.17, 15) is 8.78 Å². The molecular formula is C14H12ClF2N. The van der Waals surface area contributed by atoms with E-state index in [1.807, 2.05) is 19.1 Å². The number of hydrogen-bond donors (Lipinski definition) is 0. The normalized spacial score (nSPS) is 12.4. The molecule has 1 unspecified atom stereocenters. The van der Waals surface area contributed by atoms with Gasteiger partial charge in [0.1, 0.15) is 0 Å². The van der Waals surface area contributed by atoms with E-state index in [4.69, 9.17) is 11.6 Å². The molecule has 18 heavy (non-hydrogen) atoms. The number of pyridine rings is 1. The van der Waals surface area contributed by atoms with Gasteiger partial charge in [-0.3, -0.25) is 4.98 Å². The second-order valence-corrected chi connectivity index (χ2v) is 4.64. The number of hydrogen-bond acceptors (Lipinski definition) is 1. The third-order valence-corrected chi connectivity index (χ3v) is 3.20. The van der Waals surface area contributed by atoms with Crippen molar-refractivity contribution in [3.63, 3.8) is 0 Å². The maximum absolute atomic E-state index is 13.1. The highest BCUT2D eigenvalue weighted by molar-refractivity contribution is 6.20. The molecule has 0 aliphatic carbocycles. The van der Waals surface area contributed by atoms with Crippen LogP contribution in [0.25, 0.3) is 0 Å². The van der Waals surface area contributed by atoms with E-state index < -0.39 is 17.0 Å². The van der Waals surface area contributed by atoms with Gasteiger partial charge in [-0.05, 0) is 36.2 Å². The lowest BCUT2D eigenvalue weighted by atomic mass is 10.0. The zero-order valence-electron chi connectivity index (χ0n) is 9.83. The van der Waals surface area contributed by atoms with Gasteiger partial charge >= 0.3 is 0 Å². The van der Waals surface area contributed by atoms with Crippen LogP contribution < -0.4 is 0 Å². The van der Waals surface area contributed by atoms with Gasteiger partial charge in [-0.1, -0.05) is 12.1 Å². The molecular weight excluding hydrogens is 256 g/mol. The molecule has 0 aliphatic heterocycles. The summed E-state index contributed by atoms with van der Waals surface area (Å²) in [5, 5.41) is -0.423. The van der Waals surface area contributed by atoms with Crippen molar-refractivity contribution in [2.24, 2.45) is 0 Å². The standard InChI is InChI=1S/C14H12ClF2N/c1-9-3-2-6-18-14(9)8-11(15)10-4-5-12(16)13(17)7-10/h2-7,11H,8H2,1H3. The molecule has 94 valence electrons. The molecule has 0 saturated carbocycles. The minimum atomic E-state index is -0.879. The minimum absolute atomic E-state index is 0.423. The Morgan fingerprint density at radius 2 is 2.00 bits per heavy atom. The third kappa shape index (κ3) is 2.85. The molecule has 0 N–H and O–H groups in total. The molecule has 2 aromatic rings. The van der Waals surface area contributed by atoms with Crippen LogP contribution in [-0.4, -0.2) is 4.98 Å². The predicted octanol–water partition coefficient (Wildman–Crippen LogP) is 4.19. The van der Waals surface area contributed by atoms with Crippen LogP contribution >= 0.6 is 11.6 Å². The Bertz CT molecular complexity index is 557. The number of aryl methyl sites for hydroxylation is 1. The van der Waals surface area contributed by atoms with Gasteiger partial charge in [0, 0.05) is 18.3 Å². The van der Waals surface area contributed by atoms with Gasteiger partial charge in [0.15, 0.2) is 11.6 Å². The van der Waals surface area contributed by atoms with Crippen LogP contribution in [0.5, 0.6) is 0 Å². The molecule has 4 heteroatoms. The average molecular weight is 268 g/mol. The Hall–Kier alpha value is -1.48. The Kier molecular flexibility index (Phi) is 3.92. The SMILES string of the molecule is Cc1cccnc1CC(Cl)c1ccc(F)c(F)c1. The van der Waals surface area contributed by atoms with Gasteiger partial charge in [-0.2, -0.15) is 0 Å². The maximum Gasteiger partial charge on any atom is 0.159 e. The predicted molar refractivity (Wildman–Crippen MR) is 67.6 cm³/mol. The summed E-state index contributed by atoms with van der Waals surface area (Å²) in [6.07, 6.45) is 2.18. The highest BCUT2D eigenvalue weighted by Crippen LogP contribution is 2.26. The van der Waals surface area contributed by atoms with Crippen LogP contribution in [0.2, 0.25) is 0 Å². The average Bonchev–Trinajstić information content (AvgIpc) is 2.35. The minimum Gasteiger partial charge on any atom is -0.261 e. The highest BCUT2D eigenvalue weighted by Gasteiger charge is 2.13. The van der Waals surface area contributed by atoms with Crippen LogP contribution in [0.3, 0.4) is 0 Å². The lowest BCUT2D eigenvalue weighted by molar-refractivity contribution is 0.506. The van der Waals surface area contributed by atoms with Crippen molar-refractivity contribution in [2.45, 2.75) is 18.7 Å². The van der Waals surface area contributed by atoms with E-state index >= 15 is 0 Å². The van der Waals surface area contributed by atoms with Gasteiger partial charge in [-0.25, -0.2) is 8.78 Å². The van der Waals surface area contributed by atoms with Crippen molar-refractivity contribution >= 4 is 11.6 Å². The second-order valence-electron chi connectivity index (χ2n) is 4.11. The van der Waals surface area contributed by atoms with Crippen LogP contribution in [0.15, 0.2) is 36.5 Å². The van der Waals surface area contributed by atoms with Crippen molar-refractivity contribution in [3.8, 4) is 0 Å². The topological polar surface area (TPSA) is 12.9 Å². The molecule has 1 aromatic carbocycles. The van der Waals surface area contributed by atoms with E-state index in [0.29, 0.717) is 12.0 Å². The summed E-state index contributed by atoms with van der Waals surface area (Å²) in [4.78, 5) is 4.23. The summed E-state index contributed by atoms with van der Waals surface area (Å²) in [6, 6.07) is 7.50. The first-order chi connectivity index (χ1) is 8.58. The summed E-state index contributed by atoms with van der Waals surface area (Å²) < 4.78 is 25.9. The van der Waals surface area contributed by atoms with E-state index in [1.54, 1.807) is 6.20 Å². The van der Waals surface area contributed by atoms with E-state index in [0.717, 1.165) is 23.4 Å². The maximum atomic E-state index is 13.1. The van der Waals surface area contributed by atoms with E-state index in [1.165, 1.54) is 6.07 Å². The number of nitrogens with zero attached hydrogens (tertiary/aromatic N) is 1. The Morgan fingerprint density at radius 3 is 2.67 bits per heavy atom. The first-order valence-corrected chi connectivity index (χ1v) is 6.01. The molecule has 1 atom stereocenters. The molecule has 0 spiro atoms. The largest absolute Gasteiger partial charge is 0.261 e. The molecule has 0 bridgehead atoms. The Morgan fingerprint density at radius 1 is 1.22 bits per heavy atom. The summed E-state index contributed by atoms with van der Waals surface area (Å²) >= 11 is 6.21. The van der Waals surface area contributed by atoms with Gasteiger partial charge in [0.25, 0.3) is 0 Å². The number of benzene rings is 1. The fourth-order valence-corrected chi connectivity index (χ4v) is 2.01. The Balaban J connectivity index is 2.19. The van der Waals surface area contributed by atoms with E-state index in [-0.39, 0.29) is 0 Å². The smallest absolute Gasteiger partial charge is 0.159 e. The van der Waals surface area contributed by atoms with Crippen molar-refractivity contribution < 1.29 is 8.78 Å². The molecule has 0 saturated heterocycles. The van der Waals surface area contributed by atoms with Gasteiger partial charge in [0.2, 0.25) is 0 Å². The molecule has 1 aromatic heterocycles. The number of halogens is 3. The molecule has 0 amide bonds. The molecule has 1 heterocycles. The quantitative estimate of drug-likeness (QED) is 0.760. The zero-order valence-corrected chi connectivity index (χ0v) is 10.6. The van der Waals surface area contributed by atoms with Crippen LogP contribution in [-0.2, 0) is 6.42 Å². The number of alkyl halides is 1. The molecule has 2 rings (SSSR count). The number of rotatable bonds is 3. The monoisotopic (exact) mass is 267 g/mol. The second kappa shape index (κ2) is 5.44. The Labute approximate surface area is 109 Å². The van der Waals surface area contributed by atoms with Crippen molar-refractivity contribution in [3.05, 3.63) is 65.0 Å². The van der Waals surface area contributed by atoms with Gasteiger partial charge in [0.05, 0.1) is 5.38 Å². The lowest BCUT2D eigenvalue weighted by Crippen LogP contribution is -2.01. The van der Waals surface area contributed by atoms with Crippen LogP contribution in [0.1, 0.15) is 22.2 Å². The third-order valence-electron chi connectivity index (χ3n) is 2.80. The summed E-state index contributed by atoms with van der Waals surface area (Å²) in [5.41, 5.74) is 2.45. The first kappa shape index (κ1) is 13.0. The molecule has 1 nitrogen and oxygen atoms in total. The first-order valence-electron chi connectivity index (χ1n) is 5.57. The summed E-state index contributed by atoms with van der Waals surface area (Å²) in [6.45, 7) is 1.94. The summed E-state index contributed by atoms with van der Waals surface area (Å²) in [5.74, 6) is -1.74. The summed E-state index contributed by atoms with van der Waals surface area (Å²) in [7, 11) is 0. The lowest BCUT2D eigenvalue weighted by Gasteiger charge is -2.11. The fraction of sp³-hybridized carbons (Fsp3) is 0.214. The fourth-order valence-electron chi connectivity index (χ4n) is 1.73. The number of aromatic nitrogens is 1. The van der Waals surface area contributed by atoms with E-state index in [2.05, 4.69) is 4.98 Å². The van der Waals surface area contributed by atoms with Crippen LogP contribution in [0, 0.1) is 18.6 Å². The van der Waals surface area contributed by atoms with Crippen molar-refractivity contribution in [1.29, 1.82) is 0 Å². The molecule has 0 radical (unpaired) electrons.